The van der Waals surface area contributed by atoms with Crippen molar-refractivity contribution in [2.24, 2.45) is 0 Å². The zero-order valence-electron chi connectivity index (χ0n) is 24.9. The van der Waals surface area contributed by atoms with Crippen LogP contribution in [0.25, 0.3) is 82.4 Å². The Morgan fingerprint density at radius 3 is 1.93 bits per heavy atom. The lowest BCUT2D eigenvalue weighted by Crippen LogP contribution is -1.97. The number of nitrogens with zero attached hydrogens (tertiary/aromatic N) is 1. The zero-order valence-corrected chi connectivity index (χ0v) is 24.9. The first-order valence-corrected chi connectivity index (χ1v) is 15.8. The predicted octanol–water partition coefficient (Wildman–Crippen LogP) is 12.2. The first-order chi connectivity index (χ1) is 22.8. The number of para-hydroxylation sites is 3. The van der Waals surface area contributed by atoms with Crippen molar-refractivity contribution >= 4 is 43.4 Å². The van der Waals surface area contributed by atoms with Crippen LogP contribution in [0.15, 0.2) is 164 Å². The molecule has 0 amide bonds. The Balaban J connectivity index is 1.19. The van der Waals surface area contributed by atoms with Crippen molar-refractivity contribution in [3.05, 3.63) is 164 Å². The second kappa shape index (κ2) is 9.69. The minimum atomic E-state index is 0.912. The lowest BCUT2D eigenvalue weighted by Gasteiger charge is -2.22. The van der Waals surface area contributed by atoms with Crippen molar-refractivity contribution in [2.45, 2.75) is 0 Å². The summed E-state index contributed by atoms with van der Waals surface area (Å²) in [7, 11) is 0. The number of fused-ring (bicyclic) bond motifs is 7. The Morgan fingerprint density at radius 2 is 1.07 bits per heavy atom. The van der Waals surface area contributed by atoms with E-state index in [9.17, 15) is 0 Å². The van der Waals surface area contributed by atoms with E-state index in [1.165, 1.54) is 76.9 Å². The van der Waals surface area contributed by atoms with Gasteiger partial charge in [-0.3, -0.25) is 0 Å². The van der Waals surface area contributed by atoms with Gasteiger partial charge in [0.1, 0.15) is 11.5 Å². The quantitative estimate of drug-likeness (QED) is 0.201. The van der Waals surface area contributed by atoms with Gasteiger partial charge in [-0.1, -0.05) is 127 Å². The molecule has 2 heterocycles. The van der Waals surface area contributed by atoms with E-state index in [2.05, 4.69) is 156 Å². The van der Waals surface area contributed by atoms with Gasteiger partial charge in [0.05, 0.1) is 11.0 Å². The molecule has 1 aromatic heterocycles. The van der Waals surface area contributed by atoms with E-state index in [1.807, 2.05) is 12.1 Å². The van der Waals surface area contributed by atoms with Crippen molar-refractivity contribution in [1.29, 1.82) is 0 Å². The summed E-state index contributed by atoms with van der Waals surface area (Å²) in [5.74, 6) is 1.83. The molecule has 10 rings (SSSR count). The largest absolute Gasteiger partial charge is 0.456 e. The molecule has 0 spiro atoms. The topological polar surface area (TPSA) is 14.2 Å². The third-order valence-electron chi connectivity index (χ3n) is 9.58. The molecule has 2 nitrogen and oxygen atoms in total. The van der Waals surface area contributed by atoms with Crippen LogP contribution in [0, 0.1) is 0 Å². The average Bonchev–Trinajstić information content (AvgIpc) is 3.48. The minimum absolute atomic E-state index is 0.912. The van der Waals surface area contributed by atoms with Gasteiger partial charge in [-0.2, -0.15) is 0 Å². The summed E-state index contributed by atoms with van der Waals surface area (Å²) in [6.45, 7) is 0. The lowest BCUT2D eigenvalue weighted by molar-refractivity contribution is 0.487. The van der Waals surface area contributed by atoms with Crippen LogP contribution in [0.2, 0.25) is 0 Å². The Kier molecular flexibility index (Phi) is 5.31. The molecule has 2 heteroatoms. The normalized spacial score (nSPS) is 12.1. The van der Waals surface area contributed by atoms with Crippen LogP contribution < -0.4 is 4.74 Å². The van der Waals surface area contributed by atoms with Crippen molar-refractivity contribution in [2.75, 3.05) is 0 Å². The first-order valence-electron chi connectivity index (χ1n) is 15.8. The van der Waals surface area contributed by atoms with Gasteiger partial charge in [0.2, 0.25) is 0 Å². The van der Waals surface area contributed by atoms with Crippen LogP contribution >= 0.6 is 0 Å². The molecule has 0 fully saturated rings. The fourth-order valence-electron chi connectivity index (χ4n) is 7.57. The number of hydrogen-bond donors (Lipinski definition) is 0. The van der Waals surface area contributed by atoms with Crippen molar-refractivity contribution in [3.63, 3.8) is 0 Å². The standard InChI is InChI=1S/C44H27NO/c1-2-12-31(13-3-1)45-39-19-8-6-16-37(39)43-38(27-30-11-4-5-14-33(30)44(43)45)29-23-21-28(22-24-29)32-25-26-41-42-35(32)17-10-18-36(42)34-15-7-9-20-40(34)46-41/h1-27H. The van der Waals surface area contributed by atoms with Crippen molar-refractivity contribution in [3.8, 4) is 50.6 Å². The lowest BCUT2D eigenvalue weighted by atomic mass is 9.89. The number of benzene rings is 8. The maximum Gasteiger partial charge on any atom is 0.135 e. The van der Waals surface area contributed by atoms with E-state index in [0.29, 0.717) is 0 Å². The molecule has 1 aliphatic rings. The summed E-state index contributed by atoms with van der Waals surface area (Å²) in [4.78, 5) is 0. The van der Waals surface area contributed by atoms with Gasteiger partial charge in [0.25, 0.3) is 0 Å². The van der Waals surface area contributed by atoms with E-state index in [1.54, 1.807) is 0 Å². The van der Waals surface area contributed by atoms with Crippen LogP contribution in [0.5, 0.6) is 11.5 Å². The summed E-state index contributed by atoms with van der Waals surface area (Å²) >= 11 is 0. The molecular weight excluding hydrogens is 558 g/mol. The number of aromatic nitrogens is 1. The molecule has 214 valence electrons. The molecule has 0 bridgehead atoms. The molecule has 8 aromatic carbocycles. The Labute approximate surface area is 266 Å². The van der Waals surface area contributed by atoms with Gasteiger partial charge in [-0.05, 0) is 75.0 Å². The minimum Gasteiger partial charge on any atom is -0.456 e. The smallest absolute Gasteiger partial charge is 0.135 e. The monoisotopic (exact) mass is 585 g/mol. The average molecular weight is 586 g/mol. The highest BCUT2D eigenvalue weighted by Crippen LogP contribution is 2.49. The van der Waals surface area contributed by atoms with E-state index < -0.39 is 0 Å². The maximum atomic E-state index is 6.36. The zero-order chi connectivity index (χ0) is 30.2. The fourth-order valence-corrected chi connectivity index (χ4v) is 7.57. The second-order valence-electron chi connectivity index (χ2n) is 12.1. The molecule has 0 saturated carbocycles. The van der Waals surface area contributed by atoms with Crippen LogP contribution in [0.3, 0.4) is 0 Å². The van der Waals surface area contributed by atoms with E-state index >= 15 is 0 Å². The Hall–Kier alpha value is -6.12. The highest BCUT2D eigenvalue weighted by molar-refractivity contribution is 6.24. The molecule has 0 N–H and O–H groups in total. The summed E-state index contributed by atoms with van der Waals surface area (Å²) in [5, 5.41) is 7.41. The molecule has 0 saturated heterocycles. The summed E-state index contributed by atoms with van der Waals surface area (Å²) < 4.78 is 8.79. The van der Waals surface area contributed by atoms with Crippen molar-refractivity contribution in [1.82, 2.24) is 4.57 Å². The van der Waals surface area contributed by atoms with Crippen LogP contribution in [0.4, 0.5) is 0 Å². The Morgan fingerprint density at radius 1 is 0.391 bits per heavy atom. The molecule has 1 aliphatic heterocycles. The number of hydrogen-bond acceptors (Lipinski definition) is 1. The third kappa shape index (κ3) is 3.59. The number of ether oxygens (including phenoxy) is 1. The third-order valence-corrected chi connectivity index (χ3v) is 9.58. The predicted molar refractivity (Wildman–Crippen MR) is 192 cm³/mol. The van der Waals surface area contributed by atoms with E-state index in [-0.39, 0.29) is 0 Å². The summed E-state index contributed by atoms with van der Waals surface area (Å²) in [5.41, 5.74) is 10.8. The molecule has 9 aromatic rings. The molecule has 0 atom stereocenters. The van der Waals surface area contributed by atoms with Gasteiger partial charge >= 0.3 is 0 Å². The van der Waals surface area contributed by atoms with Crippen molar-refractivity contribution < 1.29 is 4.74 Å². The number of rotatable bonds is 3. The van der Waals surface area contributed by atoms with Gasteiger partial charge in [0, 0.05) is 32.8 Å². The van der Waals surface area contributed by atoms with E-state index in [0.717, 1.165) is 17.1 Å². The summed E-state index contributed by atoms with van der Waals surface area (Å²) in [6, 6.07) is 59.0. The van der Waals surface area contributed by atoms with Gasteiger partial charge in [0.15, 0.2) is 0 Å². The van der Waals surface area contributed by atoms with Gasteiger partial charge < -0.3 is 9.30 Å². The SMILES string of the molecule is c1ccc(-n2c3ccccc3c3c(-c4ccc(-c5ccc6c7c(cccc57)-c5ccccc5O6)cc4)cc4ccccc4c32)cc1. The summed E-state index contributed by atoms with van der Waals surface area (Å²) in [6.07, 6.45) is 0. The van der Waals surface area contributed by atoms with Crippen LogP contribution in [-0.2, 0) is 0 Å². The second-order valence-corrected chi connectivity index (χ2v) is 12.1. The first kappa shape index (κ1) is 25.2. The molecule has 0 radical (unpaired) electrons. The maximum absolute atomic E-state index is 6.36. The highest BCUT2D eigenvalue weighted by atomic mass is 16.5. The molecule has 0 aliphatic carbocycles. The van der Waals surface area contributed by atoms with Crippen LogP contribution in [0.1, 0.15) is 0 Å². The fraction of sp³-hybridized carbons (Fsp3) is 0. The van der Waals surface area contributed by atoms with Crippen LogP contribution in [-0.4, -0.2) is 4.57 Å². The molecule has 46 heavy (non-hydrogen) atoms. The molecular formula is C44H27NO. The van der Waals surface area contributed by atoms with E-state index in [4.69, 9.17) is 4.74 Å². The van der Waals surface area contributed by atoms with Gasteiger partial charge in [-0.25, -0.2) is 0 Å². The molecule has 0 unspecified atom stereocenters. The highest BCUT2D eigenvalue weighted by Gasteiger charge is 2.22. The Bertz CT molecular complexity index is 2650. The van der Waals surface area contributed by atoms with Gasteiger partial charge in [-0.15, -0.1) is 0 Å².